The van der Waals surface area contributed by atoms with Gasteiger partial charge in [-0.05, 0) is 45.6 Å². The lowest BCUT2D eigenvalue weighted by Gasteiger charge is -2.17. The Morgan fingerprint density at radius 1 is 1.43 bits per heavy atom. The second-order valence-electron chi connectivity index (χ2n) is 5.66. The standard InChI is InChI=1S/C12H26N2/c1-10(2)6-5-7-13-11-8-12(3,4)14-9-11/h10-11,13-14H,5-9H2,1-4H3. The Hall–Kier alpha value is -0.0800. The van der Waals surface area contributed by atoms with E-state index >= 15 is 0 Å². The van der Waals surface area contributed by atoms with E-state index in [1.807, 2.05) is 0 Å². The van der Waals surface area contributed by atoms with Gasteiger partial charge in [0.25, 0.3) is 0 Å². The largest absolute Gasteiger partial charge is 0.313 e. The molecule has 0 radical (unpaired) electrons. The van der Waals surface area contributed by atoms with Gasteiger partial charge in [0.1, 0.15) is 0 Å². The molecular formula is C12H26N2. The summed E-state index contributed by atoms with van der Waals surface area (Å²) in [6, 6.07) is 0.692. The summed E-state index contributed by atoms with van der Waals surface area (Å²) in [6.45, 7) is 11.5. The van der Waals surface area contributed by atoms with Gasteiger partial charge >= 0.3 is 0 Å². The molecule has 1 aliphatic heterocycles. The van der Waals surface area contributed by atoms with Gasteiger partial charge < -0.3 is 10.6 Å². The van der Waals surface area contributed by atoms with Crippen LogP contribution in [-0.2, 0) is 0 Å². The van der Waals surface area contributed by atoms with Crippen molar-refractivity contribution >= 4 is 0 Å². The molecule has 84 valence electrons. The van der Waals surface area contributed by atoms with Gasteiger partial charge in [-0.2, -0.15) is 0 Å². The molecule has 0 amide bonds. The van der Waals surface area contributed by atoms with Gasteiger partial charge in [-0.1, -0.05) is 13.8 Å². The fourth-order valence-electron chi connectivity index (χ4n) is 2.12. The van der Waals surface area contributed by atoms with Gasteiger partial charge in [0.05, 0.1) is 0 Å². The number of hydrogen-bond acceptors (Lipinski definition) is 2. The summed E-state index contributed by atoms with van der Waals surface area (Å²) in [7, 11) is 0. The fraction of sp³-hybridized carbons (Fsp3) is 1.00. The van der Waals surface area contributed by atoms with Crippen molar-refractivity contribution in [3.63, 3.8) is 0 Å². The summed E-state index contributed by atoms with van der Waals surface area (Å²) in [5, 5.41) is 7.16. The predicted molar refractivity (Wildman–Crippen MR) is 62.6 cm³/mol. The molecular weight excluding hydrogens is 172 g/mol. The van der Waals surface area contributed by atoms with Crippen molar-refractivity contribution in [3.05, 3.63) is 0 Å². The minimum atomic E-state index is 0.343. The normalized spacial score (nSPS) is 25.9. The van der Waals surface area contributed by atoms with Crippen LogP contribution in [0, 0.1) is 5.92 Å². The van der Waals surface area contributed by atoms with Crippen LogP contribution in [0.15, 0.2) is 0 Å². The van der Waals surface area contributed by atoms with E-state index < -0.39 is 0 Å². The highest BCUT2D eigenvalue weighted by atomic mass is 15.1. The van der Waals surface area contributed by atoms with Crippen molar-refractivity contribution in [1.29, 1.82) is 0 Å². The van der Waals surface area contributed by atoms with Gasteiger partial charge in [0, 0.05) is 18.1 Å². The van der Waals surface area contributed by atoms with Gasteiger partial charge in [0.2, 0.25) is 0 Å². The van der Waals surface area contributed by atoms with Crippen molar-refractivity contribution in [1.82, 2.24) is 10.6 Å². The fourth-order valence-corrected chi connectivity index (χ4v) is 2.12. The predicted octanol–water partition coefficient (Wildman–Crippen LogP) is 2.15. The Bertz CT molecular complexity index is 164. The summed E-state index contributed by atoms with van der Waals surface area (Å²) in [4.78, 5) is 0. The van der Waals surface area contributed by atoms with Crippen LogP contribution < -0.4 is 10.6 Å². The van der Waals surface area contributed by atoms with Gasteiger partial charge in [-0.3, -0.25) is 0 Å². The van der Waals surface area contributed by atoms with Crippen molar-refractivity contribution in [2.45, 2.75) is 58.5 Å². The maximum absolute atomic E-state index is 3.63. The van der Waals surface area contributed by atoms with E-state index in [-0.39, 0.29) is 0 Å². The Balaban J connectivity index is 2.03. The molecule has 14 heavy (non-hydrogen) atoms. The molecule has 1 atom stereocenters. The molecule has 1 fully saturated rings. The minimum Gasteiger partial charge on any atom is -0.313 e. The summed E-state index contributed by atoms with van der Waals surface area (Å²) in [5.74, 6) is 0.843. The molecule has 1 heterocycles. The maximum Gasteiger partial charge on any atom is 0.0210 e. The molecule has 2 nitrogen and oxygen atoms in total. The summed E-state index contributed by atoms with van der Waals surface area (Å²) in [6.07, 6.45) is 3.92. The SMILES string of the molecule is CC(C)CCCNC1CNC(C)(C)C1. The van der Waals surface area contributed by atoms with Crippen molar-refractivity contribution in [2.75, 3.05) is 13.1 Å². The van der Waals surface area contributed by atoms with E-state index in [2.05, 4.69) is 38.3 Å². The monoisotopic (exact) mass is 198 g/mol. The van der Waals surface area contributed by atoms with Crippen LogP contribution in [-0.4, -0.2) is 24.7 Å². The van der Waals surface area contributed by atoms with Crippen molar-refractivity contribution in [3.8, 4) is 0 Å². The first-order valence-electron chi connectivity index (χ1n) is 5.98. The lowest BCUT2D eigenvalue weighted by atomic mass is 10.0. The molecule has 0 saturated carbocycles. The van der Waals surface area contributed by atoms with Crippen molar-refractivity contribution in [2.24, 2.45) is 5.92 Å². The molecule has 1 saturated heterocycles. The van der Waals surface area contributed by atoms with Crippen LogP contribution >= 0.6 is 0 Å². The molecule has 0 aromatic rings. The summed E-state index contributed by atoms with van der Waals surface area (Å²) < 4.78 is 0. The topological polar surface area (TPSA) is 24.1 Å². The second-order valence-corrected chi connectivity index (χ2v) is 5.66. The van der Waals surface area contributed by atoms with Gasteiger partial charge in [0.15, 0.2) is 0 Å². The molecule has 1 rings (SSSR count). The first-order chi connectivity index (χ1) is 6.49. The van der Waals surface area contributed by atoms with Crippen LogP contribution in [0.25, 0.3) is 0 Å². The number of nitrogens with one attached hydrogen (secondary N) is 2. The van der Waals surface area contributed by atoms with Crippen LogP contribution in [0.3, 0.4) is 0 Å². The second kappa shape index (κ2) is 5.13. The number of hydrogen-bond donors (Lipinski definition) is 2. The lowest BCUT2D eigenvalue weighted by molar-refractivity contribution is 0.436. The smallest absolute Gasteiger partial charge is 0.0210 e. The molecule has 0 spiro atoms. The first kappa shape index (κ1) is 12.0. The quantitative estimate of drug-likeness (QED) is 0.662. The molecule has 2 N–H and O–H groups in total. The van der Waals surface area contributed by atoms with Gasteiger partial charge in [-0.25, -0.2) is 0 Å². The molecule has 0 bridgehead atoms. The zero-order chi connectivity index (χ0) is 10.6. The van der Waals surface area contributed by atoms with Gasteiger partial charge in [-0.15, -0.1) is 0 Å². The minimum absolute atomic E-state index is 0.343. The molecule has 1 unspecified atom stereocenters. The van der Waals surface area contributed by atoms with Crippen LogP contribution in [0.5, 0.6) is 0 Å². The third-order valence-electron chi connectivity index (χ3n) is 2.97. The zero-order valence-electron chi connectivity index (χ0n) is 10.2. The lowest BCUT2D eigenvalue weighted by Crippen LogP contribution is -2.32. The highest BCUT2D eigenvalue weighted by Crippen LogP contribution is 2.17. The van der Waals surface area contributed by atoms with Crippen LogP contribution in [0.2, 0.25) is 0 Å². The van der Waals surface area contributed by atoms with Crippen LogP contribution in [0.4, 0.5) is 0 Å². The van der Waals surface area contributed by atoms with E-state index in [4.69, 9.17) is 0 Å². The Morgan fingerprint density at radius 3 is 2.64 bits per heavy atom. The summed E-state index contributed by atoms with van der Waals surface area (Å²) >= 11 is 0. The molecule has 1 aliphatic rings. The first-order valence-corrected chi connectivity index (χ1v) is 5.98. The average Bonchev–Trinajstić information content (AvgIpc) is 2.39. The molecule has 2 heteroatoms. The third-order valence-corrected chi connectivity index (χ3v) is 2.97. The van der Waals surface area contributed by atoms with E-state index in [1.165, 1.54) is 25.8 Å². The Kier molecular flexibility index (Phi) is 4.39. The highest BCUT2D eigenvalue weighted by Gasteiger charge is 2.29. The maximum atomic E-state index is 3.63. The van der Waals surface area contributed by atoms with Crippen LogP contribution in [0.1, 0.15) is 47.0 Å². The number of rotatable bonds is 5. The Labute approximate surface area is 88.8 Å². The van der Waals surface area contributed by atoms with E-state index in [9.17, 15) is 0 Å². The van der Waals surface area contributed by atoms with Crippen molar-refractivity contribution < 1.29 is 0 Å². The van der Waals surface area contributed by atoms with E-state index in [0.29, 0.717) is 11.6 Å². The third kappa shape index (κ3) is 4.43. The Morgan fingerprint density at radius 2 is 2.14 bits per heavy atom. The molecule has 0 aromatic carbocycles. The molecule has 0 aromatic heterocycles. The van der Waals surface area contributed by atoms with E-state index in [1.54, 1.807) is 0 Å². The zero-order valence-corrected chi connectivity index (χ0v) is 10.2. The van der Waals surface area contributed by atoms with E-state index in [0.717, 1.165) is 12.5 Å². The summed E-state index contributed by atoms with van der Waals surface area (Å²) in [5.41, 5.74) is 0.343. The molecule has 0 aliphatic carbocycles. The average molecular weight is 198 g/mol. The highest BCUT2D eigenvalue weighted by molar-refractivity contribution is 4.92.